The molecule has 2 N–H and O–H groups in total. The van der Waals surface area contributed by atoms with Crippen LogP contribution < -0.4 is 10.6 Å². The molecule has 0 bridgehead atoms. The van der Waals surface area contributed by atoms with E-state index in [0.29, 0.717) is 28.7 Å². The van der Waals surface area contributed by atoms with Crippen molar-refractivity contribution in [3.8, 4) is 0 Å². The number of carbonyl (C=O) groups excluding carboxylic acids is 1. The highest BCUT2D eigenvalue weighted by atomic mass is 35.5. The summed E-state index contributed by atoms with van der Waals surface area (Å²) in [4.78, 5) is 12.5. The minimum absolute atomic E-state index is 0.0531. The predicted octanol–water partition coefficient (Wildman–Crippen LogP) is 4.69. The highest BCUT2D eigenvalue weighted by molar-refractivity contribution is 6.30. The minimum atomic E-state index is -0.628. The Balaban J connectivity index is 1.86. The van der Waals surface area contributed by atoms with Gasteiger partial charge in [-0.3, -0.25) is 10.1 Å². The van der Waals surface area contributed by atoms with E-state index in [2.05, 4.69) is 52.2 Å². The molecule has 140 valence electrons. The largest absolute Gasteiger partial charge is 0.351 e. The zero-order chi connectivity index (χ0) is 18.1. The number of rotatable bonds is 4. The molecule has 5 unspecified atom stereocenters. The van der Waals surface area contributed by atoms with Gasteiger partial charge < -0.3 is 5.32 Å². The van der Waals surface area contributed by atoms with Gasteiger partial charge in [-0.2, -0.15) is 0 Å². The third-order valence-electron chi connectivity index (χ3n) is 5.73. The van der Waals surface area contributed by atoms with Gasteiger partial charge in [0.05, 0.1) is 0 Å². The molecule has 1 amide bonds. The summed E-state index contributed by atoms with van der Waals surface area (Å²) >= 11 is 6.41. The van der Waals surface area contributed by atoms with Gasteiger partial charge in [0.15, 0.2) is 5.50 Å². The van der Waals surface area contributed by atoms with E-state index in [1.54, 1.807) is 0 Å². The molecule has 0 spiro atoms. The molecule has 2 rings (SSSR count). The molecule has 24 heavy (non-hydrogen) atoms. The Morgan fingerprint density at radius 2 is 1.38 bits per heavy atom. The number of hydrogen-bond donors (Lipinski definition) is 2. The molecule has 2 fully saturated rings. The fraction of sp³-hybridized carbons (Fsp3) is 0.950. The standard InChI is InChI=1S/C20H37ClN2O/c1-13-7-15(11-19(3,4)9-13)22-17(21)18(24)23-16-8-14(2)10-20(5,6)12-16/h13-17,22H,7-12H2,1-6H3,(H,23,24). The van der Waals surface area contributed by atoms with E-state index in [1.165, 1.54) is 12.8 Å². The summed E-state index contributed by atoms with van der Waals surface area (Å²) in [6, 6.07) is 0.583. The van der Waals surface area contributed by atoms with Crippen molar-refractivity contribution >= 4 is 17.5 Å². The van der Waals surface area contributed by atoms with Crippen LogP contribution in [0.5, 0.6) is 0 Å². The molecule has 5 atom stereocenters. The molecule has 2 saturated carbocycles. The van der Waals surface area contributed by atoms with Gasteiger partial charge in [0, 0.05) is 12.1 Å². The Morgan fingerprint density at radius 3 is 1.88 bits per heavy atom. The van der Waals surface area contributed by atoms with Gasteiger partial charge in [-0.1, -0.05) is 53.1 Å². The van der Waals surface area contributed by atoms with Gasteiger partial charge >= 0.3 is 0 Å². The molecule has 0 radical (unpaired) electrons. The van der Waals surface area contributed by atoms with Gasteiger partial charge in [-0.15, -0.1) is 0 Å². The first-order valence-corrected chi connectivity index (χ1v) is 10.1. The van der Waals surface area contributed by atoms with Crippen LogP contribution in [0.4, 0.5) is 0 Å². The van der Waals surface area contributed by atoms with Gasteiger partial charge in [-0.05, 0) is 61.2 Å². The summed E-state index contributed by atoms with van der Waals surface area (Å²) < 4.78 is 0. The van der Waals surface area contributed by atoms with E-state index in [4.69, 9.17) is 11.6 Å². The lowest BCUT2D eigenvalue weighted by molar-refractivity contribution is -0.122. The zero-order valence-electron chi connectivity index (χ0n) is 16.4. The monoisotopic (exact) mass is 356 g/mol. The first-order chi connectivity index (χ1) is 11.0. The quantitative estimate of drug-likeness (QED) is 0.566. The highest BCUT2D eigenvalue weighted by Crippen LogP contribution is 2.39. The number of amides is 1. The topological polar surface area (TPSA) is 41.1 Å². The zero-order valence-corrected chi connectivity index (χ0v) is 17.2. The van der Waals surface area contributed by atoms with Crippen LogP contribution in [0, 0.1) is 22.7 Å². The van der Waals surface area contributed by atoms with Gasteiger partial charge in [0.1, 0.15) is 0 Å². The normalized spacial score (nSPS) is 36.8. The van der Waals surface area contributed by atoms with E-state index in [0.717, 1.165) is 25.7 Å². The lowest BCUT2D eigenvalue weighted by Gasteiger charge is -2.41. The Labute approximate surface area is 153 Å². The van der Waals surface area contributed by atoms with E-state index in [9.17, 15) is 4.79 Å². The second kappa shape index (κ2) is 7.53. The fourth-order valence-corrected chi connectivity index (χ4v) is 5.73. The average molecular weight is 357 g/mol. The van der Waals surface area contributed by atoms with Crippen LogP contribution in [0.3, 0.4) is 0 Å². The molecule has 2 aliphatic carbocycles. The Hall–Kier alpha value is -0.280. The van der Waals surface area contributed by atoms with Crippen LogP contribution in [0.2, 0.25) is 0 Å². The fourth-order valence-electron chi connectivity index (χ4n) is 5.49. The van der Waals surface area contributed by atoms with Crippen LogP contribution in [0.15, 0.2) is 0 Å². The maximum Gasteiger partial charge on any atom is 0.252 e. The van der Waals surface area contributed by atoms with E-state index in [-0.39, 0.29) is 11.9 Å². The van der Waals surface area contributed by atoms with Crippen LogP contribution in [-0.2, 0) is 4.79 Å². The van der Waals surface area contributed by atoms with Crippen molar-refractivity contribution in [2.45, 2.75) is 97.7 Å². The summed E-state index contributed by atoms with van der Waals surface area (Å²) in [7, 11) is 0. The first-order valence-electron chi connectivity index (χ1n) is 9.66. The van der Waals surface area contributed by atoms with Crippen molar-refractivity contribution in [1.29, 1.82) is 0 Å². The van der Waals surface area contributed by atoms with Crippen molar-refractivity contribution in [3.63, 3.8) is 0 Å². The summed E-state index contributed by atoms with van der Waals surface area (Å²) in [6.07, 6.45) is 6.78. The van der Waals surface area contributed by atoms with Crippen molar-refractivity contribution < 1.29 is 4.79 Å². The summed E-state index contributed by atoms with van der Waals surface area (Å²) in [5, 5.41) is 6.57. The lowest BCUT2D eigenvalue weighted by Crippen LogP contribution is -2.52. The molecule has 0 aromatic rings. The number of alkyl halides is 1. The molecule has 4 heteroatoms. The van der Waals surface area contributed by atoms with Crippen molar-refractivity contribution in [2.24, 2.45) is 22.7 Å². The highest BCUT2D eigenvalue weighted by Gasteiger charge is 2.36. The predicted molar refractivity (Wildman–Crippen MR) is 102 cm³/mol. The molecule has 0 aromatic carbocycles. The molecule has 0 aliphatic heterocycles. The molecule has 0 heterocycles. The Morgan fingerprint density at radius 1 is 0.917 bits per heavy atom. The molecule has 0 aromatic heterocycles. The van der Waals surface area contributed by atoms with Crippen LogP contribution >= 0.6 is 11.6 Å². The number of hydrogen-bond acceptors (Lipinski definition) is 2. The van der Waals surface area contributed by atoms with Crippen LogP contribution in [0.1, 0.15) is 80.1 Å². The van der Waals surface area contributed by atoms with Gasteiger partial charge in [-0.25, -0.2) is 0 Å². The first kappa shape index (κ1) is 20.0. The second-order valence-electron chi connectivity index (χ2n) is 10.3. The minimum Gasteiger partial charge on any atom is -0.351 e. The lowest BCUT2D eigenvalue weighted by atomic mass is 9.70. The molecular weight excluding hydrogens is 320 g/mol. The maximum absolute atomic E-state index is 12.5. The maximum atomic E-state index is 12.5. The number of carbonyl (C=O) groups is 1. The van der Waals surface area contributed by atoms with Gasteiger partial charge in [0.2, 0.25) is 0 Å². The average Bonchev–Trinajstić information content (AvgIpc) is 2.32. The molecule has 3 nitrogen and oxygen atoms in total. The Kier molecular flexibility index (Phi) is 6.29. The van der Waals surface area contributed by atoms with Crippen molar-refractivity contribution in [1.82, 2.24) is 10.6 Å². The summed E-state index contributed by atoms with van der Waals surface area (Å²) in [5.41, 5.74) is -0.00436. The SMILES string of the molecule is CC1CC(NC(=O)C(Cl)NC2CC(C)CC(C)(C)C2)CC(C)(C)C1. The molecule has 2 aliphatic rings. The summed E-state index contributed by atoms with van der Waals surface area (Å²) in [6.45, 7) is 13.8. The third-order valence-corrected chi connectivity index (χ3v) is 6.06. The van der Waals surface area contributed by atoms with Gasteiger partial charge in [0.25, 0.3) is 5.91 Å². The van der Waals surface area contributed by atoms with Crippen molar-refractivity contribution in [2.75, 3.05) is 0 Å². The van der Waals surface area contributed by atoms with Crippen LogP contribution in [0.25, 0.3) is 0 Å². The molecular formula is C20H37ClN2O. The van der Waals surface area contributed by atoms with E-state index >= 15 is 0 Å². The molecule has 0 saturated heterocycles. The van der Waals surface area contributed by atoms with Crippen molar-refractivity contribution in [3.05, 3.63) is 0 Å². The van der Waals surface area contributed by atoms with E-state index in [1.807, 2.05) is 0 Å². The number of halogens is 1. The smallest absolute Gasteiger partial charge is 0.252 e. The van der Waals surface area contributed by atoms with Crippen LogP contribution in [-0.4, -0.2) is 23.5 Å². The summed E-state index contributed by atoms with van der Waals surface area (Å²) in [5.74, 6) is 1.28. The third kappa shape index (κ3) is 5.91. The van der Waals surface area contributed by atoms with E-state index < -0.39 is 5.50 Å². The Bertz CT molecular complexity index is 449. The second-order valence-corrected chi connectivity index (χ2v) is 10.7. The number of nitrogens with one attached hydrogen (secondary N) is 2.